The van der Waals surface area contributed by atoms with Crippen molar-refractivity contribution >= 4 is 6.09 Å². The molecule has 1 heterocycles. The molecule has 0 aliphatic heterocycles. The highest BCUT2D eigenvalue weighted by atomic mass is 16.6. The van der Waals surface area contributed by atoms with E-state index in [0.29, 0.717) is 6.54 Å². The largest absolute Gasteiger partial charge is 0.444 e. The molecule has 0 aliphatic rings. The Morgan fingerprint density at radius 2 is 2.15 bits per heavy atom. The number of rotatable bonds is 6. The second-order valence-electron chi connectivity index (χ2n) is 5.95. The molecular weight excluding hydrogens is 254 g/mol. The van der Waals surface area contributed by atoms with Crippen LogP contribution in [0.4, 0.5) is 4.79 Å². The van der Waals surface area contributed by atoms with Crippen LogP contribution in [0.3, 0.4) is 0 Å². The van der Waals surface area contributed by atoms with Gasteiger partial charge in [0.1, 0.15) is 5.60 Å². The van der Waals surface area contributed by atoms with Crippen LogP contribution in [0.25, 0.3) is 0 Å². The molecule has 1 rings (SSSR count). The van der Waals surface area contributed by atoms with Gasteiger partial charge < -0.3 is 19.9 Å². The van der Waals surface area contributed by atoms with E-state index in [0.717, 1.165) is 13.1 Å². The van der Waals surface area contributed by atoms with E-state index in [4.69, 9.17) is 4.74 Å². The van der Waals surface area contributed by atoms with Gasteiger partial charge >= 0.3 is 6.09 Å². The highest BCUT2D eigenvalue weighted by molar-refractivity contribution is 5.67. The number of aryl methyl sites for hydroxylation is 1. The first-order valence-corrected chi connectivity index (χ1v) is 7.16. The van der Waals surface area contributed by atoms with Crippen LogP contribution in [0.15, 0.2) is 18.3 Å². The number of nitrogens with zero attached hydrogens (tertiary/aromatic N) is 1. The quantitative estimate of drug-likeness (QED) is 0.842. The summed E-state index contributed by atoms with van der Waals surface area (Å²) in [4.78, 5) is 11.5. The maximum atomic E-state index is 11.5. The predicted molar refractivity (Wildman–Crippen MR) is 80.6 cm³/mol. The summed E-state index contributed by atoms with van der Waals surface area (Å²) in [6, 6.07) is 4.33. The summed E-state index contributed by atoms with van der Waals surface area (Å²) in [5.74, 6) is 0. The van der Waals surface area contributed by atoms with Gasteiger partial charge in [-0.15, -0.1) is 0 Å². The molecular formula is C15H27N3O2. The lowest BCUT2D eigenvalue weighted by molar-refractivity contribution is 0.0523. The van der Waals surface area contributed by atoms with Crippen LogP contribution in [0.2, 0.25) is 0 Å². The van der Waals surface area contributed by atoms with E-state index in [1.807, 2.05) is 33.8 Å². The Labute approximate surface area is 121 Å². The zero-order chi connectivity index (χ0) is 15.2. The molecule has 1 aromatic heterocycles. The van der Waals surface area contributed by atoms with Crippen LogP contribution in [0.1, 0.15) is 40.3 Å². The van der Waals surface area contributed by atoms with Crippen LogP contribution in [-0.4, -0.2) is 28.8 Å². The lowest BCUT2D eigenvalue weighted by Gasteiger charge is -2.21. The van der Waals surface area contributed by atoms with Crippen LogP contribution in [-0.2, 0) is 17.8 Å². The number of carbonyl (C=O) groups excluding carboxylic acids is 1. The van der Waals surface area contributed by atoms with Gasteiger partial charge in [-0.2, -0.15) is 0 Å². The lowest BCUT2D eigenvalue weighted by Crippen LogP contribution is -2.41. The Hall–Kier alpha value is -1.49. The first-order chi connectivity index (χ1) is 9.31. The number of nitrogens with one attached hydrogen (secondary N) is 2. The Balaban J connectivity index is 2.27. The molecule has 1 atom stereocenters. The van der Waals surface area contributed by atoms with E-state index in [1.165, 1.54) is 5.69 Å². The van der Waals surface area contributed by atoms with Crippen molar-refractivity contribution in [2.45, 2.75) is 59.4 Å². The van der Waals surface area contributed by atoms with Gasteiger partial charge in [-0.25, -0.2) is 4.79 Å². The molecule has 0 fully saturated rings. The van der Waals surface area contributed by atoms with E-state index in [-0.39, 0.29) is 12.1 Å². The highest BCUT2D eigenvalue weighted by Gasteiger charge is 2.16. The fourth-order valence-corrected chi connectivity index (χ4v) is 1.82. The Kier molecular flexibility index (Phi) is 6.07. The normalized spacial score (nSPS) is 13.1. The third-order valence-corrected chi connectivity index (χ3v) is 2.85. The van der Waals surface area contributed by atoms with Crippen LogP contribution in [0, 0.1) is 0 Å². The van der Waals surface area contributed by atoms with E-state index < -0.39 is 5.60 Å². The molecule has 0 saturated heterocycles. The first kappa shape index (κ1) is 16.6. The molecule has 0 aliphatic carbocycles. The second-order valence-corrected chi connectivity index (χ2v) is 5.95. The van der Waals surface area contributed by atoms with Crippen molar-refractivity contribution in [2.75, 3.05) is 6.54 Å². The number of amides is 1. The van der Waals surface area contributed by atoms with Crippen LogP contribution < -0.4 is 10.6 Å². The summed E-state index contributed by atoms with van der Waals surface area (Å²) < 4.78 is 7.39. The van der Waals surface area contributed by atoms with E-state index in [2.05, 4.69) is 34.4 Å². The Morgan fingerprint density at radius 1 is 1.45 bits per heavy atom. The molecule has 1 aromatic rings. The predicted octanol–water partition coefficient (Wildman–Crippen LogP) is 2.51. The minimum Gasteiger partial charge on any atom is -0.444 e. The SMILES string of the molecule is CCn1cccc1CNC(C)CNC(=O)OC(C)(C)C. The molecule has 2 N–H and O–H groups in total. The van der Waals surface area contributed by atoms with Crippen molar-refractivity contribution in [3.63, 3.8) is 0 Å². The van der Waals surface area contributed by atoms with Gasteiger partial charge in [0.15, 0.2) is 0 Å². The summed E-state index contributed by atoms with van der Waals surface area (Å²) in [6.45, 7) is 12.0. The monoisotopic (exact) mass is 281 g/mol. The van der Waals surface area contributed by atoms with Gasteiger partial charge in [-0.1, -0.05) is 0 Å². The molecule has 5 heteroatoms. The maximum absolute atomic E-state index is 11.5. The van der Waals surface area contributed by atoms with Gasteiger partial charge in [-0.05, 0) is 46.8 Å². The fraction of sp³-hybridized carbons (Fsp3) is 0.667. The highest BCUT2D eigenvalue weighted by Crippen LogP contribution is 2.06. The lowest BCUT2D eigenvalue weighted by atomic mass is 10.2. The second kappa shape index (κ2) is 7.33. The summed E-state index contributed by atoms with van der Waals surface area (Å²) >= 11 is 0. The summed E-state index contributed by atoms with van der Waals surface area (Å²) in [5.41, 5.74) is 0.791. The smallest absolute Gasteiger partial charge is 0.407 e. The number of hydrogen-bond donors (Lipinski definition) is 2. The molecule has 1 unspecified atom stereocenters. The molecule has 5 nitrogen and oxygen atoms in total. The van der Waals surface area contributed by atoms with E-state index in [1.54, 1.807) is 0 Å². The number of ether oxygens (including phenoxy) is 1. The van der Waals surface area contributed by atoms with E-state index in [9.17, 15) is 4.79 Å². The zero-order valence-corrected chi connectivity index (χ0v) is 13.2. The molecule has 0 saturated carbocycles. The Bertz CT molecular complexity index is 421. The molecule has 20 heavy (non-hydrogen) atoms. The third-order valence-electron chi connectivity index (χ3n) is 2.85. The van der Waals surface area contributed by atoms with Crippen molar-refractivity contribution in [3.05, 3.63) is 24.0 Å². The van der Waals surface area contributed by atoms with Crippen LogP contribution >= 0.6 is 0 Å². The number of carbonyl (C=O) groups is 1. The van der Waals surface area contributed by atoms with Gasteiger partial charge in [0.05, 0.1) is 0 Å². The van der Waals surface area contributed by atoms with Crippen LogP contribution in [0.5, 0.6) is 0 Å². The van der Waals surface area contributed by atoms with Crippen molar-refractivity contribution in [1.82, 2.24) is 15.2 Å². The van der Waals surface area contributed by atoms with Crippen molar-refractivity contribution < 1.29 is 9.53 Å². The summed E-state index contributed by atoms with van der Waals surface area (Å²) in [7, 11) is 0. The average molecular weight is 281 g/mol. The molecule has 0 bridgehead atoms. The number of aromatic nitrogens is 1. The fourth-order valence-electron chi connectivity index (χ4n) is 1.82. The molecule has 0 spiro atoms. The van der Waals surface area contributed by atoms with Gasteiger partial charge in [0.2, 0.25) is 0 Å². The topological polar surface area (TPSA) is 55.3 Å². The minimum atomic E-state index is -0.456. The summed E-state index contributed by atoms with van der Waals surface area (Å²) in [5, 5.41) is 6.15. The van der Waals surface area contributed by atoms with Gasteiger partial charge in [0, 0.05) is 37.6 Å². The minimum absolute atomic E-state index is 0.183. The molecule has 114 valence electrons. The van der Waals surface area contributed by atoms with Crippen molar-refractivity contribution in [1.29, 1.82) is 0 Å². The summed E-state index contributed by atoms with van der Waals surface area (Å²) in [6.07, 6.45) is 1.70. The number of hydrogen-bond acceptors (Lipinski definition) is 3. The standard InChI is InChI=1S/C15H27N3O2/c1-6-18-9-7-8-13(18)11-16-12(2)10-17-14(19)20-15(3,4)5/h7-9,12,16H,6,10-11H2,1-5H3,(H,17,19). The van der Waals surface area contributed by atoms with Crippen molar-refractivity contribution in [2.24, 2.45) is 0 Å². The van der Waals surface area contributed by atoms with E-state index >= 15 is 0 Å². The Morgan fingerprint density at radius 3 is 2.75 bits per heavy atom. The average Bonchev–Trinajstić information content (AvgIpc) is 2.79. The zero-order valence-electron chi connectivity index (χ0n) is 13.2. The number of alkyl carbamates (subject to hydrolysis) is 1. The maximum Gasteiger partial charge on any atom is 0.407 e. The van der Waals surface area contributed by atoms with Gasteiger partial charge in [0.25, 0.3) is 0 Å². The van der Waals surface area contributed by atoms with Gasteiger partial charge in [-0.3, -0.25) is 0 Å². The first-order valence-electron chi connectivity index (χ1n) is 7.16. The molecule has 0 aromatic carbocycles. The van der Waals surface area contributed by atoms with Crippen molar-refractivity contribution in [3.8, 4) is 0 Å². The molecule has 0 radical (unpaired) electrons. The third kappa shape index (κ3) is 6.10. The molecule has 1 amide bonds.